The van der Waals surface area contributed by atoms with E-state index in [0.29, 0.717) is 12.2 Å². The zero-order chi connectivity index (χ0) is 16.5. The molecule has 2 rings (SSSR count). The van der Waals surface area contributed by atoms with Gasteiger partial charge in [0.25, 0.3) is 0 Å². The Bertz CT molecular complexity index is 583. The Morgan fingerprint density at radius 3 is 2.68 bits per heavy atom. The molecule has 1 amide bonds. The van der Waals surface area contributed by atoms with Gasteiger partial charge >= 0.3 is 6.09 Å². The molecule has 1 aromatic rings. The molecule has 2 atom stereocenters. The van der Waals surface area contributed by atoms with E-state index in [0.717, 1.165) is 0 Å². The van der Waals surface area contributed by atoms with Crippen LogP contribution in [0.3, 0.4) is 0 Å². The lowest BCUT2D eigenvalue weighted by Gasteiger charge is -2.34. The highest BCUT2D eigenvalue weighted by Crippen LogP contribution is 2.45. The van der Waals surface area contributed by atoms with E-state index in [9.17, 15) is 15.0 Å². The first-order chi connectivity index (χ1) is 10.3. The second-order valence-corrected chi connectivity index (χ2v) is 6.02. The standard InChI is InChI=1S/C14H17Cl2NO5/c1-22-10-3-2-9(15)12(16)11(10)14(21,7-18)8-4-5-17(6-8)13(19)20/h2-3,8,18,21H,4-7H2,1H3,(H,19,20)/t8-,14?/m1/s1. The average molecular weight is 350 g/mol. The number of halogens is 2. The lowest BCUT2D eigenvalue weighted by atomic mass is 9.80. The van der Waals surface area contributed by atoms with Gasteiger partial charge < -0.3 is 25.0 Å². The van der Waals surface area contributed by atoms with Crippen molar-refractivity contribution < 1.29 is 24.9 Å². The summed E-state index contributed by atoms with van der Waals surface area (Å²) in [6, 6.07) is 3.08. The molecule has 0 aliphatic carbocycles. The summed E-state index contributed by atoms with van der Waals surface area (Å²) in [6.45, 7) is -0.247. The fourth-order valence-corrected chi connectivity index (χ4v) is 3.32. The molecule has 0 spiro atoms. The maximum Gasteiger partial charge on any atom is 0.407 e. The van der Waals surface area contributed by atoms with Crippen LogP contribution in [0.4, 0.5) is 4.79 Å². The van der Waals surface area contributed by atoms with Crippen molar-refractivity contribution in [1.29, 1.82) is 0 Å². The number of nitrogens with zero attached hydrogens (tertiary/aromatic N) is 1. The van der Waals surface area contributed by atoms with E-state index >= 15 is 0 Å². The van der Waals surface area contributed by atoms with E-state index in [-0.39, 0.29) is 28.7 Å². The van der Waals surface area contributed by atoms with Crippen LogP contribution >= 0.6 is 23.2 Å². The molecule has 0 bridgehead atoms. The van der Waals surface area contributed by atoms with Gasteiger partial charge in [-0.15, -0.1) is 0 Å². The Morgan fingerprint density at radius 1 is 1.50 bits per heavy atom. The van der Waals surface area contributed by atoms with Gasteiger partial charge in [-0.1, -0.05) is 23.2 Å². The predicted molar refractivity (Wildman–Crippen MR) is 81.7 cm³/mol. The number of hydrogen-bond acceptors (Lipinski definition) is 4. The van der Waals surface area contributed by atoms with Crippen LogP contribution in [0.15, 0.2) is 12.1 Å². The predicted octanol–water partition coefficient (Wildman–Crippen LogP) is 2.18. The summed E-state index contributed by atoms with van der Waals surface area (Å²) in [5, 5.41) is 30.2. The molecule has 1 aliphatic rings. The van der Waals surface area contributed by atoms with Crippen molar-refractivity contribution in [3.8, 4) is 5.75 Å². The van der Waals surface area contributed by atoms with E-state index in [2.05, 4.69) is 0 Å². The number of likely N-dealkylation sites (tertiary alicyclic amines) is 1. The van der Waals surface area contributed by atoms with Crippen LogP contribution in [-0.4, -0.2) is 53.1 Å². The van der Waals surface area contributed by atoms with E-state index < -0.39 is 24.2 Å². The van der Waals surface area contributed by atoms with Crippen LogP contribution in [0.5, 0.6) is 5.75 Å². The van der Waals surface area contributed by atoms with Crippen molar-refractivity contribution in [2.24, 2.45) is 5.92 Å². The third-order valence-corrected chi connectivity index (χ3v) is 4.89. The van der Waals surface area contributed by atoms with Crippen LogP contribution in [0.25, 0.3) is 0 Å². The molecule has 0 aromatic heterocycles. The van der Waals surface area contributed by atoms with Gasteiger partial charge in [0.05, 0.1) is 23.8 Å². The summed E-state index contributed by atoms with van der Waals surface area (Å²) in [5.41, 5.74) is -1.55. The zero-order valence-electron chi connectivity index (χ0n) is 11.9. The smallest absolute Gasteiger partial charge is 0.407 e. The fraction of sp³-hybridized carbons (Fsp3) is 0.500. The van der Waals surface area contributed by atoms with Gasteiger partial charge in [0.2, 0.25) is 0 Å². The van der Waals surface area contributed by atoms with Gasteiger partial charge in [-0.3, -0.25) is 0 Å². The lowest BCUT2D eigenvalue weighted by molar-refractivity contribution is -0.0653. The van der Waals surface area contributed by atoms with Crippen LogP contribution in [0.2, 0.25) is 10.0 Å². The first-order valence-corrected chi connectivity index (χ1v) is 7.44. The molecule has 122 valence electrons. The quantitative estimate of drug-likeness (QED) is 0.774. The average Bonchev–Trinajstić information content (AvgIpc) is 2.99. The number of benzene rings is 1. The molecule has 1 aromatic carbocycles. The fourth-order valence-electron chi connectivity index (χ4n) is 2.84. The monoisotopic (exact) mass is 349 g/mol. The van der Waals surface area contributed by atoms with Crippen molar-refractivity contribution >= 4 is 29.3 Å². The van der Waals surface area contributed by atoms with Gasteiger partial charge in [-0.2, -0.15) is 0 Å². The number of hydrogen-bond donors (Lipinski definition) is 3. The summed E-state index contributed by atoms with van der Waals surface area (Å²) in [7, 11) is 1.42. The first-order valence-electron chi connectivity index (χ1n) is 6.68. The second-order valence-electron chi connectivity index (χ2n) is 5.24. The Morgan fingerprint density at radius 2 is 2.18 bits per heavy atom. The third kappa shape index (κ3) is 2.84. The molecule has 22 heavy (non-hydrogen) atoms. The minimum Gasteiger partial charge on any atom is -0.496 e. The Labute approximate surface area is 137 Å². The summed E-state index contributed by atoms with van der Waals surface area (Å²) in [4.78, 5) is 12.2. The molecule has 1 aliphatic heterocycles. The first kappa shape index (κ1) is 17.1. The number of amides is 1. The third-order valence-electron chi connectivity index (χ3n) is 4.08. The molecule has 3 N–H and O–H groups in total. The number of aliphatic hydroxyl groups is 2. The van der Waals surface area contributed by atoms with Crippen LogP contribution in [-0.2, 0) is 5.60 Å². The van der Waals surface area contributed by atoms with Gasteiger partial charge in [-0.25, -0.2) is 4.79 Å². The maximum absolute atomic E-state index is 11.1. The molecule has 0 radical (unpaired) electrons. The second kappa shape index (κ2) is 6.50. The molecule has 1 heterocycles. The van der Waals surface area contributed by atoms with Crippen LogP contribution in [0, 0.1) is 5.92 Å². The van der Waals surface area contributed by atoms with E-state index in [4.69, 9.17) is 33.0 Å². The SMILES string of the molecule is COc1ccc(Cl)c(Cl)c1C(O)(CO)[C@@H]1CCN(C(=O)O)C1. The molecule has 8 heteroatoms. The molecule has 1 saturated heterocycles. The van der Waals surface area contributed by atoms with E-state index in [1.807, 2.05) is 0 Å². The highest BCUT2D eigenvalue weighted by molar-refractivity contribution is 6.42. The molecule has 1 unspecified atom stereocenters. The summed E-state index contributed by atoms with van der Waals surface area (Å²) < 4.78 is 5.22. The highest BCUT2D eigenvalue weighted by Gasteiger charge is 2.46. The number of methoxy groups -OCH3 is 1. The van der Waals surface area contributed by atoms with Crippen LogP contribution in [0.1, 0.15) is 12.0 Å². The van der Waals surface area contributed by atoms with Gasteiger partial charge in [0.1, 0.15) is 11.4 Å². The number of rotatable bonds is 4. The van der Waals surface area contributed by atoms with Crippen molar-refractivity contribution in [3.05, 3.63) is 27.7 Å². The van der Waals surface area contributed by atoms with E-state index in [1.165, 1.54) is 18.1 Å². The number of aliphatic hydroxyl groups excluding tert-OH is 1. The summed E-state index contributed by atoms with van der Waals surface area (Å²) in [5.74, 6) is -0.224. The molecular formula is C14H17Cl2NO5. The van der Waals surface area contributed by atoms with Gasteiger partial charge in [0, 0.05) is 24.6 Å². The molecule has 0 saturated carbocycles. The van der Waals surface area contributed by atoms with Crippen molar-refractivity contribution in [3.63, 3.8) is 0 Å². The minimum atomic E-state index is -1.74. The zero-order valence-corrected chi connectivity index (χ0v) is 13.4. The Kier molecular flexibility index (Phi) is 5.07. The summed E-state index contributed by atoms with van der Waals surface area (Å²) >= 11 is 12.2. The largest absolute Gasteiger partial charge is 0.496 e. The normalized spacial score (nSPS) is 20.8. The van der Waals surface area contributed by atoms with Gasteiger partial charge in [0.15, 0.2) is 0 Å². The van der Waals surface area contributed by atoms with E-state index in [1.54, 1.807) is 6.07 Å². The van der Waals surface area contributed by atoms with Crippen molar-refractivity contribution in [2.45, 2.75) is 12.0 Å². The maximum atomic E-state index is 11.1. The number of carboxylic acid groups (broad SMARTS) is 1. The summed E-state index contributed by atoms with van der Waals surface area (Å²) in [6.07, 6.45) is -0.665. The molecule has 6 nitrogen and oxygen atoms in total. The number of carbonyl (C=O) groups is 1. The van der Waals surface area contributed by atoms with Crippen LogP contribution < -0.4 is 4.74 Å². The van der Waals surface area contributed by atoms with Crippen molar-refractivity contribution in [1.82, 2.24) is 4.90 Å². The van der Waals surface area contributed by atoms with Crippen molar-refractivity contribution in [2.75, 3.05) is 26.8 Å². The topological polar surface area (TPSA) is 90.2 Å². The Hall–Kier alpha value is -1.21. The molecular weight excluding hydrogens is 333 g/mol. The highest BCUT2D eigenvalue weighted by atomic mass is 35.5. The molecule has 1 fully saturated rings. The lowest BCUT2D eigenvalue weighted by Crippen LogP contribution is -2.41. The Balaban J connectivity index is 2.47. The minimum absolute atomic E-state index is 0.0892. The number of ether oxygens (including phenoxy) is 1. The van der Waals surface area contributed by atoms with Gasteiger partial charge in [-0.05, 0) is 18.6 Å².